The third-order valence-electron chi connectivity index (χ3n) is 3.37. The number of rotatable bonds is 8. The Kier molecular flexibility index (Phi) is 6.69. The van der Waals surface area contributed by atoms with Gasteiger partial charge in [0.05, 0.1) is 0 Å². The predicted octanol–water partition coefficient (Wildman–Crippen LogP) is -0.467. The second-order valence-electron chi connectivity index (χ2n) is 4.57. The maximum Gasteiger partial charge on any atom is 0.341 e. The highest BCUT2D eigenvalue weighted by atomic mass is 16.7. The molecule has 0 fully saturated rings. The lowest BCUT2D eigenvalue weighted by atomic mass is 9.94. The average molecular weight is 349 g/mol. The van der Waals surface area contributed by atoms with E-state index < -0.39 is 53.2 Å². The molecule has 0 radical (unpaired) electrons. The number of hydroxylamine groups is 2. The van der Waals surface area contributed by atoms with Crippen molar-refractivity contribution in [3.8, 4) is 0 Å². The molecule has 0 saturated heterocycles. The fourth-order valence-corrected chi connectivity index (χ4v) is 2.37. The summed E-state index contributed by atoms with van der Waals surface area (Å²) >= 11 is 0. The van der Waals surface area contributed by atoms with Crippen molar-refractivity contribution in [3.63, 3.8) is 0 Å². The van der Waals surface area contributed by atoms with Gasteiger partial charge in [0.1, 0.15) is 28.6 Å². The number of carboxylic acid groups (broad SMARTS) is 2. The van der Waals surface area contributed by atoms with Crippen LogP contribution in [0.15, 0.2) is 22.6 Å². The molecular weight excluding hydrogens is 330 g/mol. The molecule has 136 valence electrons. The van der Waals surface area contributed by atoms with Crippen LogP contribution in [-0.4, -0.2) is 84.6 Å². The summed E-state index contributed by atoms with van der Waals surface area (Å²) in [5.41, 5.74) is -2.22. The van der Waals surface area contributed by atoms with E-state index in [1.807, 2.05) is 0 Å². The zero-order valence-electron chi connectivity index (χ0n) is 13.4. The van der Waals surface area contributed by atoms with E-state index in [4.69, 9.17) is 18.9 Å². The lowest BCUT2D eigenvalue weighted by molar-refractivity contribution is -0.218. The van der Waals surface area contributed by atoms with Gasteiger partial charge in [-0.1, -0.05) is 0 Å². The largest absolute Gasteiger partial charge is 0.506 e. The van der Waals surface area contributed by atoms with Crippen molar-refractivity contribution in [1.29, 1.82) is 0 Å². The number of hydrogen-bond acceptors (Lipinski definition) is 9. The lowest BCUT2D eigenvalue weighted by Gasteiger charge is -2.39. The maximum atomic E-state index is 11.5. The van der Waals surface area contributed by atoms with E-state index in [0.29, 0.717) is 0 Å². The first-order valence-electron chi connectivity index (χ1n) is 6.50. The molecule has 11 heteroatoms. The standard InChI is InChI=1S/C13H19NO10/c1-21-12(22-2)7-5(10(16)17)9(15)6(11(18)19)8(14(7)20)13(23-3)24-4/h7,12-13,15,20H,1-4H3,(H,16,17)(H,18,19). The van der Waals surface area contributed by atoms with Crippen molar-refractivity contribution >= 4 is 11.9 Å². The van der Waals surface area contributed by atoms with Crippen LogP contribution < -0.4 is 0 Å². The van der Waals surface area contributed by atoms with Gasteiger partial charge < -0.3 is 34.3 Å². The Morgan fingerprint density at radius 1 is 1.00 bits per heavy atom. The quantitative estimate of drug-likeness (QED) is 0.420. The maximum absolute atomic E-state index is 11.5. The van der Waals surface area contributed by atoms with Gasteiger partial charge in [0.15, 0.2) is 6.29 Å². The summed E-state index contributed by atoms with van der Waals surface area (Å²) in [5, 5.41) is 39.6. The number of aliphatic hydroxyl groups is 1. The van der Waals surface area contributed by atoms with Gasteiger partial charge in [0, 0.05) is 28.4 Å². The minimum absolute atomic E-state index is 0.280. The number of methoxy groups -OCH3 is 4. The molecule has 1 heterocycles. The molecule has 0 saturated carbocycles. The van der Waals surface area contributed by atoms with E-state index in [-0.39, 0.29) is 5.06 Å². The zero-order chi connectivity index (χ0) is 18.6. The van der Waals surface area contributed by atoms with E-state index in [0.717, 1.165) is 0 Å². The monoisotopic (exact) mass is 349 g/mol. The second kappa shape index (κ2) is 8.08. The molecule has 1 atom stereocenters. The van der Waals surface area contributed by atoms with E-state index in [9.17, 15) is 30.1 Å². The van der Waals surface area contributed by atoms with Crippen LogP contribution in [0.2, 0.25) is 0 Å². The summed E-state index contributed by atoms with van der Waals surface area (Å²) in [6.07, 6.45) is -2.75. The van der Waals surface area contributed by atoms with Crippen LogP contribution in [0.4, 0.5) is 0 Å². The Morgan fingerprint density at radius 2 is 1.50 bits per heavy atom. The van der Waals surface area contributed by atoms with Crippen molar-refractivity contribution < 1.29 is 49.1 Å². The number of carbonyl (C=O) groups is 2. The zero-order valence-corrected chi connectivity index (χ0v) is 13.4. The molecule has 0 aromatic rings. The highest BCUT2D eigenvalue weighted by Gasteiger charge is 2.47. The minimum Gasteiger partial charge on any atom is -0.506 e. The van der Waals surface area contributed by atoms with Gasteiger partial charge in [-0.3, -0.25) is 5.21 Å². The summed E-state index contributed by atoms with van der Waals surface area (Å²) in [5.74, 6) is -4.43. The molecule has 0 aliphatic carbocycles. The van der Waals surface area contributed by atoms with Crippen molar-refractivity contribution in [2.75, 3.05) is 28.4 Å². The molecule has 1 aliphatic rings. The molecule has 1 rings (SSSR count). The Bertz CT molecular complexity index is 561. The van der Waals surface area contributed by atoms with Gasteiger partial charge in [0.2, 0.25) is 6.29 Å². The molecule has 0 bridgehead atoms. The van der Waals surface area contributed by atoms with E-state index >= 15 is 0 Å². The van der Waals surface area contributed by atoms with Crippen LogP contribution in [0.25, 0.3) is 0 Å². The normalized spacial score (nSPS) is 18.8. The molecule has 24 heavy (non-hydrogen) atoms. The van der Waals surface area contributed by atoms with Gasteiger partial charge in [0.25, 0.3) is 0 Å². The molecule has 11 nitrogen and oxygen atoms in total. The number of aliphatic hydroxyl groups excluding tert-OH is 1. The van der Waals surface area contributed by atoms with Gasteiger partial charge in [-0.25, -0.2) is 14.7 Å². The van der Waals surface area contributed by atoms with Crippen molar-refractivity contribution in [2.24, 2.45) is 0 Å². The van der Waals surface area contributed by atoms with E-state index in [1.54, 1.807) is 0 Å². The molecule has 1 unspecified atom stereocenters. The van der Waals surface area contributed by atoms with Crippen LogP contribution in [0, 0.1) is 0 Å². The van der Waals surface area contributed by atoms with Crippen molar-refractivity contribution in [1.82, 2.24) is 5.06 Å². The fraction of sp³-hybridized carbons (Fsp3) is 0.538. The smallest absolute Gasteiger partial charge is 0.341 e. The Hall–Kier alpha value is -2.18. The summed E-state index contributed by atoms with van der Waals surface area (Å²) in [6, 6.07) is -1.58. The third-order valence-corrected chi connectivity index (χ3v) is 3.37. The van der Waals surface area contributed by atoms with Crippen molar-refractivity contribution in [3.05, 3.63) is 22.6 Å². The van der Waals surface area contributed by atoms with Crippen LogP contribution in [0.3, 0.4) is 0 Å². The molecular formula is C13H19NO10. The molecule has 1 aliphatic heterocycles. The fourth-order valence-electron chi connectivity index (χ4n) is 2.37. The number of carboxylic acids is 2. The summed E-state index contributed by atoms with van der Waals surface area (Å²) < 4.78 is 19.7. The SMILES string of the molecule is COC(OC)C1=C(C(=O)O)C(O)=C(C(=O)O)C(C(OC)OC)N1O. The summed E-state index contributed by atoms with van der Waals surface area (Å²) in [6.45, 7) is 0. The first-order valence-corrected chi connectivity index (χ1v) is 6.50. The van der Waals surface area contributed by atoms with E-state index in [1.165, 1.54) is 28.4 Å². The molecule has 0 spiro atoms. The van der Waals surface area contributed by atoms with Crippen LogP contribution in [0.5, 0.6) is 0 Å². The van der Waals surface area contributed by atoms with Crippen molar-refractivity contribution in [2.45, 2.75) is 18.6 Å². The Labute approximate surface area is 136 Å². The second-order valence-corrected chi connectivity index (χ2v) is 4.57. The van der Waals surface area contributed by atoms with Crippen LogP contribution in [-0.2, 0) is 28.5 Å². The van der Waals surface area contributed by atoms with Crippen LogP contribution in [0.1, 0.15) is 0 Å². The molecule has 4 N–H and O–H groups in total. The number of nitrogens with zero attached hydrogens (tertiary/aromatic N) is 1. The summed E-state index contributed by atoms with van der Waals surface area (Å²) in [7, 11) is 4.69. The van der Waals surface area contributed by atoms with Gasteiger partial charge >= 0.3 is 11.9 Å². The van der Waals surface area contributed by atoms with Crippen LogP contribution >= 0.6 is 0 Å². The predicted molar refractivity (Wildman–Crippen MR) is 75.0 cm³/mol. The van der Waals surface area contributed by atoms with Gasteiger partial charge in [-0.2, -0.15) is 0 Å². The Morgan fingerprint density at radius 3 is 1.83 bits per heavy atom. The highest BCUT2D eigenvalue weighted by Crippen LogP contribution is 2.35. The molecule has 0 aromatic carbocycles. The summed E-state index contributed by atoms with van der Waals surface area (Å²) in [4.78, 5) is 23.0. The first-order chi connectivity index (χ1) is 11.3. The molecule has 0 aromatic heterocycles. The first kappa shape index (κ1) is 19.9. The average Bonchev–Trinajstić information content (AvgIpc) is 2.52. The lowest BCUT2D eigenvalue weighted by Crippen LogP contribution is -2.52. The van der Waals surface area contributed by atoms with E-state index in [2.05, 4.69) is 0 Å². The highest BCUT2D eigenvalue weighted by molar-refractivity contribution is 5.98. The Balaban J connectivity index is 3.73. The van der Waals surface area contributed by atoms with Gasteiger partial charge in [-0.05, 0) is 0 Å². The third kappa shape index (κ3) is 3.34. The number of ether oxygens (including phenoxy) is 4. The number of aliphatic carboxylic acids is 2. The topological polar surface area (TPSA) is 155 Å². The molecule has 0 amide bonds. The van der Waals surface area contributed by atoms with Gasteiger partial charge in [-0.15, -0.1) is 0 Å². The number of hydrogen-bond donors (Lipinski definition) is 4. The minimum atomic E-state index is -1.69.